The molecule has 0 aliphatic heterocycles. The molecule has 2 aromatic rings. The molecule has 100 valence electrons. The summed E-state index contributed by atoms with van der Waals surface area (Å²) in [6.45, 7) is 2.09. The Hall–Kier alpha value is -2.80. The number of hydrogen-bond acceptors (Lipinski definition) is 3. The predicted molar refractivity (Wildman–Crippen MR) is 79.3 cm³/mol. The number of H-pyrrole nitrogens is 1. The predicted octanol–water partition coefficient (Wildman–Crippen LogP) is 2.26. The van der Waals surface area contributed by atoms with Crippen molar-refractivity contribution in [2.75, 3.05) is 6.61 Å². The van der Waals surface area contributed by atoms with Gasteiger partial charge in [0.25, 0.3) is 5.56 Å². The molecule has 20 heavy (non-hydrogen) atoms. The summed E-state index contributed by atoms with van der Waals surface area (Å²) in [6.07, 6.45) is 8.89. The molecule has 1 heterocycles. The Kier molecular flexibility index (Phi) is 4.35. The summed E-state index contributed by atoms with van der Waals surface area (Å²) >= 11 is 0. The first-order valence-electron chi connectivity index (χ1n) is 6.10. The van der Waals surface area contributed by atoms with Crippen LogP contribution in [0.3, 0.4) is 0 Å². The first kappa shape index (κ1) is 13.6. The topological polar surface area (TPSA) is 55.0 Å². The number of nitrogens with one attached hydrogen (secondary N) is 1. The van der Waals surface area contributed by atoms with Crippen molar-refractivity contribution >= 4 is 12.2 Å². The van der Waals surface area contributed by atoms with E-state index in [9.17, 15) is 4.79 Å². The first-order chi connectivity index (χ1) is 9.69. The molecule has 0 bridgehead atoms. The highest BCUT2D eigenvalue weighted by Gasteiger charge is 1.97. The van der Waals surface area contributed by atoms with E-state index in [1.165, 1.54) is 6.07 Å². The molecule has 1 aromatic carbocycles. The molecule has 0 radical (unpaired) electrons. The monoisotopic (exact) mass is 266 g/mol. The van der Waals surface area contributed by atoms with Crippen molar-refractivity contribution in [2.45, 2.75) is 6.92 Å². The Bertz CT molecular complexity index is 724. The number of hydrogen-bond donors (Lipinski definition) is 1. The van der Waals surface area contributed by atoms with Gasteiger partial charge in [-0.25, -0.2) is 5.10 Å². The van der Waals surface area contributed by atoms with Crippen LogP contribution in [0.4, 0.5) is 0 Å². The average molecular weight is 266 g/mol. The van der Waals surface area contributed by atoms with Crippen LogP contribution < -0.4 is 10.3 Å². The fourth-order valence-electron chi connectivity index (χ4n) is 1.68. The third-order valence-electron chi connectivity index (χ3n) is 2.65. The van der Waals surface area contributed by atoms with Crippen molar-refractivity contribution in [3.8, 4) is 18.1 Å². The molecule has 0 saturated heterocycles. The van der Waals surface area contributed by atoms with E-state index in [1.807, 2.05) is 43.3 Å². The summed E-state index contributed by atoms with van der Waals surface area (Å²) in [6, 6.07) is 9.07. The van der Waals surface area contributed by atoms with Crippen LogP contribution in [0.15, 0.2) is 35.1 Å². The van der Waals surface area contributed by atoms with Crippen molar-refractivity contribution in [2.24, 2.45) is 0 Å². The molecule has 2 rings (SSSR count). The van der Waals surface area contributed by atoms with E-state index in [1.54, 1.807) is 0 Å². The summed E-state index contributed by atoms with van der Waals surface area (Å²) in [7, 11) is 0. The molecule has 4 nitrogen and oxygen atoms in total. The average Bonchev–Trinajstić information content (AvgIpc) is 2.45. The molecule has 4 heteroatoms. The number of rotatable bonds is 4. The van der Waals surface area contributed by atoms with E-state index in [4.69, 9.17) is 11.2 Å². The fraction of sp³-hybridized carbons (Fsp3) is 0.125. The third-order valence-corrected chi connectivity index (χ3v) is 2.65. The second-order valence-corrected chi connectivity index (χ2v) is 4.20. The number of ether oxygens (including phenoxy) is 1. The third kappa shape index (κ3) is 3.59. The minimum absolute atomic E-state index is 0.204. The van der Waals surface area contributed by atoms with Crippen LogP contribution in [0, 0.1) is 19.3 Å². The number of benzene rings is 1. The molecule has 1 N–H and O–H groups in total. The van der Waals surface area contributed by atoms with Crippen LogP contribution in [-0.4, -0.2) is 16.8 Å². The Balaban J connectivity index is 2.19. The molecule has 0 atom stereocenters. The van der Waals surface area contributed by atoms with Gasteiger partial charge in [0, 0.05) is 6.07 Å². The summed E-state index contributed by atoms with van der Waals surface area (Å²) in [5.41, 5.74) is 2.31. The number of aromatic amines is 1. The number of terminal acetylenes is 1. The lowest BCUT2D eigenvalue weighted by atomic mass is 10.1. The molecule has 0 unspecified atom stereocenters. The van der Waals surface area contributed by atoms with Gasteiger partial charge in [0.1, 0.15) is 12.4 Å². The number of nitrogens with zero attached hydrogens (tertiary/aromatic N) is 1. The molecule has 0 aliphatic rings. The zero-order valence-corrected chi connectivity index (χ0v) is 11.1. The van der Waals surface area contributed by atoms with Gasteiger partial charge in [-0.15, -0.1) is 6.42 Å². The fourth-order valence-corrected chi connectivity index (χ4v) is 1.68. The second-order valence-electron chi connectivity index (χ2n) is 4.20. The van der Waals surface area contributed by atoms with Crippen LogP contribution in [0.1, 0.15) is 16.8 Å². The zero-order chi connectivity index (χ0) is 14.4. The Morgan fingerprint density at radius 1 is 1.40 bits per heavy atom. The highest BCUT2D eigenvalue weighted by molar-refractivity contribution is 5.69. The first-order valence-corrected chi connectivity index (χ1v) is 6.10. The lowest BCUT2D eigenvalue weighted by Crippen LogP contribution is -2.08. The minimum Gasteiger partial charge on any atom is -0.481 e. The molecule has 0 fully saturated rings. The van der Waals surface area contributed by atoms with Gasteiger partial charge in [0.15, 0.2) is 0 Å². The minimum atomic E-state index is -0.204. The molecular formula is C16H14N2O2. The van der Waals surface area contributed by atoms with Gasteiger partial charge in [0.05, 0.1) is 5.69 Å². The van der Waals surface area contributed by atoms with E-state index in [-0.39, 0.29) is 12.2 Å². The van der Waals surface area contributed by atoms with E-state index < -0.39 is 0 Å². The molecule has 0 aliphatic carbocycles. The van der Waals surface area contributed by atoms with Gasteiger partial charge in [-0.2, -0.15) is 5.10 Å². The number of aromatic nitrogens is 2. The highest BCUT2D eigenvalue weighted by Crippen LogP contribution is 2.15. The standard InChI is InChI=1S/C16H14N2O2/c1-3-9-20-14-6-4-5-13(11-14)7-8-15-12(2)10-16(19)18-17-15/h1,4-8,10-11H,9H2,2H3,(H,18,19)/b8-7+. The summed E-state index contributed by atoms with van der Waals surface area (Å²) in [5.74, 6) is 3.14. The van der Waals surface area contributed by atoms with Crippen molar-refractivity contribution < 1.29 is 4.74 Å². The van der Waals surface area contributed by atoms with Crippen LogP contribution in [0.5, 0.6) is 5.75 Å². The van der Waals surface area contributed by atoms with Gasteiger partial charge < -0.3 is 4.74 Å². The Morgan fingerprint density at radius 3 is 3.00 bits per heavy atom. The second kappa shape index (κ2) is 6.39. The molecule has 0 amide bonds. The van der Waals surface area contributed by atoms with Crippen LogP contribution in [0.25, 0.3) is 12.2 Å². The maximum atomic E-state index is 11.1. The van der Waals surface area contributed by atoms with Crippen molar-refractivity contribution in [3.05, 3.63) is 57.5 Å². The quantitative estimate of drug-likeness (QED) is 0.864. The van der Waals surface area contributed by atoms with Crippen molar-refractivity contribution in [1.29, 1.82) is 0 Å². The van der Waals surface area contributed by atoms with Crippen LogP contribution >= 0.6 is 0 Å². The normalized spacial score (nSPS) is 10.4. The zero-order valence-electron chi connectivity index (χ0n) is 11.1. The van der Waals surface area contributed by atoms with E-state index in [0.29, 0.717) is 0 Å². The Labute approximate surface area is 117 Å². The largest absolute Gasteiger partial charge is 0.481 e. The van der Waals surface area contributed by atoms with Crippen LogP contribution in [-0.2, 0) is 0 Å². The van der Waals surface area contributed by atoms with E-state index in [2.05, 4.69) is 16.1 Å². The number of aryl methyl sites for hydroxylation is 1. The molecular weight excluding hydrogens is 252 g/mol. The summed E-state index contributed by atoms with van der Waals surface area (Å²) in [5, 5.41) is 6.40. The lowest BCUT2D eigenvalue weighted by Gasteiger charge is -2.03. The van der Waals surface area contributed by atoms with Gasteiger partial charge in [-0.05, 0) is 36.3 Å². The molecule has 0 spiro atoms. The van der Waals surface area contributed by atoms with Crippen molar-refractivity contribution in [1.82, 2.24) is 10.2 Å². The van der Waals surface area contributed by atoms with E-state index >= 15 is 0 Å². The summed E-state index contributed by atoms with van der Waals surface area (Å²) < 4.78 is 5.35. The SMILES string of the molecule is C#CCOc1cccc(/C=C/c2n[nH]c(=O)cc2C)c1. The smallest absolute Gasteiger partial charge is 0.264 e. The highest BCUT2D eigenvalue weighted by atomic mass is 16.5. The maximum absolute atomic E-state index is 11.1. The van der Waals surface area contributed by atoms with Gasteiger partial charge in [-0.1, -0.05) is 24.1 Å². The van der Waals surface area contributed by atoms with Gasteiger partial charge in [0.2, 0.25) is 0 Å². The van der Waals surface area contributed by atoms with Crippen LogP contribution in [0.2, 0.25) is 0 Å². The molecule has 1 aromatic heterocycles. The summed E-state index contributed by atoms with van der Waals surface area (Å²) in [4.78, 5) is 11.1. The van der Waals surface area contributed by atoms with Gasteiger partial charge in [-0.3, -0.25) is 4.79 Å². The van der Waals surface area contributed by atoms with Crippen molar-refractivity contribution in [3.63, 3.8) is 0 Å². The van der Waals surface area contributed by atoms with E-state index in [0.717, 1.165) is 22.6 Å². The Morgan fingerprint density at radius 2 is 2.25 bits per heavy atom. The van der Waals surface area contributed by atoms with Gasteiger partial charge >= 0.3 is 0 Å². The lowest BCUT2D eigenvalue weighted by molar-refractivity contribution is 0.370. The molecule has 0 saturated carbocycles. The maximum Gasteiger partial charge on any atom is 0.264 e.